The number of carbonyl (C=O) groups is 2. The van der Waals surface area contributed by atoms with Crippen molar-refractivity contribution in [3.63, 3.8) is 0 Å². The largest absolute Gasteiger partial charge is 0.490 e. The summed E-state index contributed by atoms with van der Waals surface area (Å²) in [5.74, 6) is -3.92. The molecule has 1 fully saturated rings. The second-order valence-corrected chi connectivity index (χ2v) is 3.47. The third-order valence-corrected chi connectivity index (χ3v) is 1.49. The Morgan fingerprint density at radius 1 is 1.53 bits per heavy atom. The summed E-state index contributed by atoms with van der Waals surface area (Å²) < 4.78 is 41.7. The zero-order valence-corrected chi connectivity index (χ0v) is 9.08. The highest BCUT2D eigenvalue weighted by atomic mass is 19.4. The standard InChI is InChI=1S/C6H11NO3.C2HF3O2/c1-6(2)9-4(3-7)5(8)10-6;3-2(4,5)1(6)7/h4H,3,7H2,1-2H3;(H,6,7)/t4-;/m0./s1. The summed E-state index contributed by atoms with van der Waals surface area (Å²) in [5.41, 5.74) is 5.22. The minimum absolute atomic E-state index is 0.183. The minimum Gasteiger partial charge on any atom is -0.475 e. The quantitative estimate of drug-likeness (QED) is 0.655. The van der Waals surface area contributed by atoms with Crippen LogP contribution in [0.1, 0.15) is 13.8 Å². The molecule has 1 saturated heterocycles. The third-order valence-electron chi connectivity index (χ3n) is 1.49. The van der Waals surface area contributed by atoms with E-state index in [1.54, 1.807) is 13.8 Å². The number of alkyl halides is 3. The minimum atomic E-state index is -5.08. The molecule has 17 heavy (non-hydrogen) atoms. The number of aliphatic carboxylic acids is 1. The number of esters is 1. The molecule has 1 aliphatic heterocycles. The highest BCUT2D eigenvalue weighted by Crippen LogP contribution is 2.22. The van der Waals surface area contributed by atoms with E-state index in [1.807, 2.05) is 0 Å². The van der Waals surface area contributed by atoms with Gasteiger partial charge in [-0.2, -0.15) is 13.2 Å². The van der Waals surface area contributed by atoms with Gasteiger partial charge in [-0.1, -0.05) is 0 Å². The topological polar surface area (TPSA) is 98.9 Å². The van der Waals surface area contributed by atoms with Crippen LogP contribution in [0.4, 0.5) is 13.2 Å². The lowest BCUT2D eigenvalue weighted by Gasteiger charge is -2.14. The maximum atomic E-state index is 10.8. The van der Waals surface area contributed by atoms with E-state index in [9.17, 15) is 18.0 Å². The summed E-state index contributed by atoms with van der Waals surface area (Å²) >= 11 is 0. The van der Waals surface area contributed by atoms with E-state index < -0.39 is 24.0 Å². The van der Waals surface area contributed by atoms with Crippen molar-refractivity contribution in [3.8, 4) is 0 Å². The van der Waals surface area contributed by atoms with Crippen LogP contribution in [0.25, 0.3) is 0 Å². The third kappa shape index (κ3) is 5.50. The molecule has 0 saturated carbocycles. The number of carbonyl (C=O) groups excluding carboxylic acids is 1. The van der Waals surface area contributed by atoms with Crippen LogP contribution in [0.5, 0.6) is 0 Å². The molecule has 1 atom stereocenters. The summed E-state index contributed by atoms with van der Waals surface area (Å²) in [6.45, 7) is 3.55. The van der Waals surface area contributed by atoms with Crippen LogP contribution < -0.4 is 5.73 Å². The molecule has 0 aromatic rings. The molecule has 0 radical (unpaired) electrons. The molecule has 3 N–H and O–H groups in total. The van der Waals surface area contributed by atoms with Crippen LogP contribution in [-0.4, -0.2) is 41.7 Å². The first-order valence-electron chi connectivity index (χ1n) is 4.40. The normalized spacial score (nSPS) is 22.5. The molecule has 1 rings (SSSR count). The van der Waals surface area contributed by atoms with Gasteiger partial charge in [-0.3, -0.25) is 0 Å². The van der Waals surface area contributed by atoms with E-state index >= 15 is 0 Å². The number of carboxylic acid groups (broad SMARTS) is 1. The molecule has 0 spiro atoms. The van der Waals surface area contributed by atoms with Crippen molar-refractivity contribution in [3.05, 3.63) is 0 Å². The van der Waals surface area contributed by atoms with Crippen molar-refractivity contribution in [2.45, 2.75) is 31.9 Å². The smallest absolute Gasteiger partial charge is 0.475 e. The number of hydrogen-bond acceptors (Lipinski definition) is 5. The summed E-state index contributed by atoms with van der Waals surface area (Å²) in [7, 11) is 0. The fraction of sp³-hybridized carbons (Fsp3) is 0.750. The molecule has 1 heterocycles. The Labute approximate surface area is 94.5 Å². The van der Waals surface area contributed by atoms with Gasteiger partial charge in [0.2, 0.25) is 5.79 Å². The number of carboxylic acids is 1. The van der Waals surface area contributed by atoms with E-state index in [1.165, 1.54) is 0 Å². The van der Waals surface area contributed by atoms with Gasteiger partial charge in [0, 0.05) is 20.4 Å². The van der Waals surface area contributed by atoms with Crippen LogP contribution in [0, 0.1) is 0 Å². The van der Waals surface area contributed by atoms with Gasteiger partial charge in [-0.25, -0.2) is 9.59 Å². The zero-order chi connectivity index (χ0) is 13.9. The Bertz CT molecular complexity index is 302. The fourth-order valence-corrected chi connectivity index (χ4v) is 0.867. The van der Waals surface area contributed by atoms with E-state index in [-0.39, 0.29) is 12.5 Å². The highest BCUT2D eigenvalue weighted by Gasteiger charge is 2.40. The Hall–Kier alpha value is -1.35. The van der Waals surface area contributed by atoms with Crippen LogP contribution in [-0.2, 0) is 19.1 Å². The predicted molar refractivity (Wildman–Crippen MR) is 47.8 cm³/mol. The molecule has 0 aromatic heterocycles. The van der Waals surface area contributed by atoms with Gasteiger partial charge in [-0.15, -0.1) is 0 Å². The molecule has 0 bridgehead atoms. The number of halogens is 3. The van der Waals surface area contributed by atoms with Gasteiger partial charge in [0.05, 0.1) is 0 Å². The van der Waals surface area contributed by atoms with E-state index in [0.29, 0.717) is 0 Å². The SMILES string of the molecule is CC1(C)OC(=O)[C@H](CN)O1.O=C(O)C(F)(F)F. The first-order chi connectivity index (χ1) is 7.49. The van der Waals surface area contributed by atoms with E-state index in [4.69, 9.17) is 25.1 Å². The molecule has 0 aromatic carbocycles. The molecular weight excluding hydrogens is 247 g/mol. The lowest BCUT2D eigenvalue weighted by molar-refractivity contribution is -0.192. The Morgan fingerprint density at radius 2 is 1.94 bits per heavy atom. The maximum Gasteiger partial charge on any atom is 0.490 e. The van der Waals surface area contributed by atoms with E-state index in [0.717, 1.165) is 0 Å². The fourth-order valence-electron chi connectivity index (χ4n) is 0.867. The maximum absolute atomic E-state index is 10.8. The average molecular weight is 259 g/mol. The summed E-state index contributed by atoms with van der Waals surface area (Å²) in [4.78, 5) is 19.7. The van der Waals surface area contributed by atoms with Gasteiger partial charge in [-0.05, 0) is 0 Å². The number of rotatable bonds is 1. The predicted octanol–water partition coefficient (Wildman–Crippen LogP) is 0.257. The highest BCUT2D eigenvalue weighted by molar-refractivity contribution is 5.76. The first-order valence-corrected chi connectivity index (χ1v) is 4.40. The van der Waals surface area contributed by atoms with Crippen molar-refractivity contribution in [1.82, 2.24) is 0 Å². The molecule has 100 valence electrons. The van der Waals surface area contributed by atoms with Crippen LogP contribution in [0.15, 0.2) is 0 Å². The molecule has 1 aliphatic rings. The number of nitrogens with two attached hydrogens (primary N) is 1. The Balaban J connectivity index is 0.000000325. The number of hydrogen-bond donors (Lipinski definition) is 2. The van der Waals surface area contributed by atoms with Gasteiger partial charge < -0.3 is 20.3 Å². The van der Waals surface area contributed by atoms with E-state index in [2.05, 4.69) is 0 Å². The van der Waals surface area contributed by atoms with Gasteiger partial charge in [0.25, 0.3) is 0 Å². The van der Waals surface area contributed by atoms with Gasteiger partial charge in [0.1, 0.15) is 0 Å². The van der Waals surface area contributed by atoms with Crippen molar-refractivity contribution in [2.75, 3.05) is 6.54 Å². The van der Waals surface area contributed by atoms with Gasteiger partial charge in [0.15, 0.2) is 6.10 Å². The summed E-state index contributed by atoms with van der Waals surface area (Å²) in [6.07, 6.45) is -5.66. The molecule has 6 nitrogen and oxygen atoms in total. The molecule has 0 unspecified atom stereocenters. The van der Waals surface area contributed by atoms with Crippen LogP contribution in [0.2, 0.25) is 0 Å². The van der Waals surface area contributed by atoms with Gasteiger partial charge >= 0.3 is 18.1 Å². The molecule has 9 heteroatoms. The molecule has 0 aliphatic carbocycles. The Kier molecular flexibility index (Phi) is 4.90. The summed E-state index contributed by atoms with van der Waals surface area (Å²) in [5, 5.41) is 7.12. The Morgan fingerprint density at radius 3 is 2.06 bits per heavy atom. The average Bonchev–Trinajstić information content (AvgIpc) is 2.38. The van der Waals surface area contributed by atoms with Crippen molar-refractivity contribution in [1.29, 1.82) is 0 Å². The first kappa shape index (κ1) is 15.7. The monoisotopic (exact) mass is 259 g/mol. The number of cyclic esters (lactones) is 1. The van der Waals surface area contributed by atoms with Crippen molar-refractivity contribution >= 4 is 11.9 Å². The second kappa shape index (κ2) is 5.32. The lowest BCUT2D eigenvalue weighted by atomic mass is 10.4. The second-order valence-electron chi connectivity index (χ2n) is 3.47. The lowest BCUT2D eigenvalue weighted by Crippen LogP contribution is -2.27. The van der Waals surface area contributed by atoms with Crippen molar-refractivity contribution in [2.24, 2.45) is 5.73 Å². The zero-order valence-electron chi connectivity index (χ0n) is 9.08. The van der Waals surface area contributed by atoms with Crippen molar-refractivity contribution < 1.29 is 37.3 Å². The molecular formula is C8H12F3NO5. The summed E-state index contributed by atoms with van der Waals surface area (Å²) in [6, 6.07) is 0. The molecule has 0 amide bonds. The van der Waals surface area contributed by atoms with Crippen LogP contribution in [0.3, 0.4) is 0 Å². The van der Waals surface area contributed by atoms with Crippen LogP contribution >= 0.6 is 0 Å². The number of ether oxygens (including phenoxy) is 2.